The van der Waals surface area contributed by atoms with Gasteiger partial charge in [0.05, 0.1) is 29.8 Å². The number of likely N-dealkylation sites (tertiary alicyclic amines) is 1. The smallest absolute Gasteiger partial charge is 0.343 e. The number of ether oxygens (including phenoxy) is 1. The van der Waals surface area contributed by atoms with Crippen molar-refractivity contribution in [1.82, 2.24) is 4.90 Å². The highest BCUT2D eigenvalue weighted by Gasteiger charge is 2.44. The van der Waals surface area contributed by atoms with Crippen LogP contribution in [-0.2, 0) is 14.4 Å². The number of carboxylic acids is 2. The van der Waals surface area contributed by atoms with Crippen LogP contribution in [0.1, 0.15) is 65.9 Å². The number of carbonyl (C=O) groups is 3. The highest BCUT2D eigenvalue weighted by Crippen LogP contribution is 2.39. The van der Waals surface area contributed by atoms with Gasteiger partial charge >= 0.3 is 17.9 Å². The predicted octanol–water partition coefficient (Wildman–Crippen LogP) is 1.50. The third-order valence-corrected chi connectivity index (χ3v) is 7.44. The molecule has 0 saturated carbocycles. The van der Waals surface area contributed by atoms with E-state index in [1.807, 2.05) is 6.07 Å². The van der Waals surface area contributed by atoms with E-state index in [0.29, 0.717) is 36.6 Å². The SMILES string of the molecule is NC(N)=Nc1ccc(C(=O)Oc2ccc(C3CCN(CCC(=O)O)CC3)c(C3=NOC(CC(=O)O)(CC(O)O)C3)c2)cc1. The number of aliphatic hydroxyl groups is 2. The van der Waals surface area contributed by atoms with Crippen molar-refractivity contribution in [3.8, 4) is 5.75 Å². The van der Waals surface area contributed by atoms with Crippen LogP contribution >= 0.6 is 0 Å². The summed E-state index contributed by atoms with van der Waals surface area (Å²) in [5.41, 5.74) is 11.9. The summed E-state index contributed by atoms with van der Waals surface area (Å²) in [6.45, 7) is 1.83. The van der Waals surface area contributed by atoms with Crippen LogP contribution in [0.4, 0.5) is 5.69 Å². The van der Waals surface area contributed by atoms with Gasteiger partial charge in [0.2, 0.25) is 0 Å². The number of esters is 1. The number of piperidine rings is 1. The maximum absolute atomic E-state index is 12.9. The lowest BCUT2D eigenvalue weighted by Gasteiger charge is -2.33. The number of nitrogens with zero attached hydrogens (tertiary/aromatic N) is 3. The van der Waals surface area contributed by atoms with E-state index in [-0.39, 0.29) is 42.5 Å². The molecule has 1 unspecified atom stereocenters. The lowest BCUT2D eigenvalue weighted by atomic mass is 9.82. The molecule has 4 rings (SSSR count). The van der Waals surface area contributed by atoms with Crippen molar-refractivity contribution in [2.45, 2.75) is 56.3 Å². The number of benzene rings is 2. The van der Waals surface area contributed by atoms with E-state index in [0.717, 1.165) is 18.4 Å². The van der Waals surface area contributed by atoms with Crippen LogP contribution in [0.15, 0.2) is 52.6 Å². The van der Waals surface area contributed by atoms with Gasteiger partial charge in [-0.15, -0.1) is 0 Å². The van der Waals surface area contributed by atoms with Crippen LogP contribution < -0.4 is 16.2 Å². The normalized spacial score (nSPS) is 19.0. The number of oxime groups is 1. The molecule has 2 aliphatic rings. The molecule has 0 radical (unpaired) electrons. The van der Waals surface area contributed by atoms with Crippen molar-refractivity contribution in [2.75, 3.05) is 19.6 Å². The first-order valence-corrected chi connectivity index (χ1v) is 13.8. The van der Waals surface area contributed by atoms with Crippen LogP contribution in [0.25, 0.3) is 0 Å². The Kier molecular flexibility index (Phi) is 9.95. The summed E-state index contributed by atoms with van der Waals surface area (Å²) in [4.78, 5) is 47.1. The fraction of sp³-hybridized carbons (Fsp3) is 0.414. The van der Waals surface area contributed by atoms with E-state index >= 15 is 0 Å². The van der Waals surface area contributed by atoms with E-state index in [1.165, 1.54) is 12.1 Å². The number of aliphatic hydroxyl groups excluding tert-OH is 1. The molecule has 43 heavy (non-hydrogen) atoms. The Hall–Kier alpha value is -4.53. The molecule has 230 valence electrons. The number of aliphatic imine (C=N–C) groups is 1. The van der Waals surface area contributed by atoms with Gasteiger partial charge in [0.15, 0.2) is 17.9 Å². The summed E-state index contributed by atoms with van der Waals surface area (Å²) in [7, 11) is 0. The molecule has 0 amide bonds. The maximum Gasteiger partial charge on any atom is 0.343 e. The van der Waals surface area contributed by atoms with Crippen LogP contribution in [0.2, 0.25) is 0 Å². The number of hydrogen-bond acceptors (Lipinski definition) is 10. The highest BCUT2D eigenvalue weighted by atomic mass is 16.7. The van der Waals surface area contributed by atoms with E-state index in [2.05, 4.69) is 15.0 Å². The zero-order chi connectivity index (χ0) is 31.1. The quantitative estimate of drug-likeness (QED) is 0.0672. The molecule has 1 saturated heterocycles. The van der Waals surface area contributed by atoms with Crippen LogP contribution in [0.5, 0.6) is 5.75 Å². The second-order valence-corrected chi connectivity index (χ2v) is 10.7. The minimum Gasteiger partial charge on any atom is -0.481 e. The molecular weight excluding hydrogens is 562 g/mol. The Morgan fingerprint density at radius 1 is 1.07 bits per heavy atom. The van der Waals surface area contributed by atoms with Gasteiger partial charge in [0, 0.05) is 24.9 Å². The van der Waals surface area contributed by atoms with E-state index < -0.39 is 36.2 Å². The lowest BCUT2D eigenvalue weighted by molar-refractivity contribution is -0.152. The third-order valence-electron chi connectivity index (χ3n) is 7.44. The van der Waals surface area contributed by atoms with Crippen molar-refractivity contribution in [3.63, 3.8) is 0 Å². The van der Waals surface area contributed by atoms with Crippen molar-refractivity contribution in [1.29, 1.82) is 0 Å². The molecule has 14 heteroatoms. The molecular formula is C29H35N5O9. The Morgan fingerprint density at radius 3 is 2.37 bits per heavy atom. The number of hydrogen-bond donors (Lipinski definition) is 6. The Labute approximate surface area is 247 Å². The third kappa shape index (κ3) is 8.50. The minimum atomic E-state index is -1.81. The molecule has 2 aromatic rings. The molecule has 14 nitrogen and oxygen atoms in total. The van der Waals surface area contributed by atoms with Gasteiger partial charge in [-0.2, -0.15) is 0 Å². The average Bonchev–Trinajstić information content (AvgIpc) is 3.34. The van der Waals surface area contributed by atoms with Crippen LogP contribution in [0.3, 0.4) is 0 Å². The van der Waals surface area contributed by atoms with E-state index in [1.54, 1.807) is 24.3 Å². The summed E-state index contributed by atoms with van der Waals surface area (Å²) in [5.74, 6) is -2.50. The zero-order valence-electron chi connectivity index (χ0n) is 23.4. The van der Waals surface area contributed by atoms with Crippen LogP contribution in [0, 0.1) is 0 Å². The maximum atomic E-state index is 12.9. The number of rotatable bonds is 12. The summed E-state index contributed by atoms with van der Waals surface area (Å²) >= 11 is 0. The van der Waals surface area contributed by atoms with Gasteiger partial charge in [-0.05, 0) is 73.8 Å². The van der Waals surface area contributed by atoms with Gasteiger partial charge in [0.25, 0.3) is 0 Å². The number of nitrogens with two attached hydrogens (primary N) is 2. The Bertz CT molecular complexity index is 1400. The highest BCUT2D eigenvalue weighted by molar-refractivity contribution is 6.04. The second-order valence-electron chi connectivity index (χ2n) is 10.7. The Balaban J connectivity index is 1.59. The number of aliphatic carboxylic acids is 2. The van der Waals surface area contributed by atoms with Crippen LogP contribution in [-0.4, -0.2) is 86.4 Å². The van der Waals surface area contributed by atoms with Gasteiger partial charge in [-0.25, -0.2) is 9.79 Å². The van der Waals surface area contributed by atoms with Crippen molar-refractivity contribution in [3.05, 3.63) is 59.2 Å². The van der Waals surface area contributed by atoms with Gasteiger partial charge < -0.3 is 46.4 Å². The second kappa shape index (κ2) is 13.6. The minimum absolute atomic E-state index is 0.00890. The fourth-order valence-electron chi connectivity index (χ4n) is 5.46. The first kappa shape index (κ1) is 31.4. The largest absolute Gasteiger partial charge is 0.481 e. The molecule has 0 bridgehead atoms. The topological polar surface area (TPSA) is 231 Å². The van der Waals surface area contributed by atoms with E-state index in [9.17, 15) is 29.7 Å². The standard InChI is InChI=1S/C29H35N5O9/c30-28(31)32-19-3-1-18(2-4-19)27(41)42-20-5-6-21(17-7-10-34(11-8-17)12-9-24(35)36)22(13-20)23-14-29(43-33-23,15-25(37)38)16-26(39)40/h1-6,13,17,25,37-38H,7-12,14-16H2,(H,35,36)(H,39,40)(H4,30,31,32). The summed E-state index contributed by atoms with van der Waals surface area (Å²) in [6, 6.07) is 11.3. The molecule has 8 N–H and O–H groups in total. The summed E-state index contributed by atoms with van der Waals surface area (Å²) in [6.07, 6.45) is -1.16. The first-order valence-electron chi connectivity index (χ1n) is 13.8. The van der Waals surface area contributed by atoms with Crippen molar-refractivity contribution < 1.29 is 44.4 Å². The van der Waals surface area contributed by atoms with Crippen molar-refractivity contribution in [2.24, 2.45) is 21.6 Å². The average molecular weight is 598 g/mol. The monoisotopic (exact) mass is 597 g/mol. The van der Waals surface area contributed by atoms with Gasteiger partial charge in [0.1, 0.15) is 5.75 Å². The fourth-order valence-corrected chi connectivity index (χ4v) is 5.46. The molecule has 1 atom stereocenters. The molecule has 0 aliphatic carbocycles. The summed E-state index contributed by atoms with van der Waals surface area (Å²) < 4.78 is 5.66. The van der Waals surface area contributed by atoms with E-state index in [4.69, 9.17) is 26.1 Å². The molecule has 2 aromatic carbocycles. The number of carboxylic acid groups (broad SMARTS) is 2. The molecule has 0 spiro atoms. The predicted molar refractivity (Wildman–Crippen MR) is 154 cm³/mol. The molecule has 0 aromatic heterocycles. The molecule has 2 heterocycles. The lowest BCUT2D eigenvalue weighted by Crippen LogP contribution is -2.37. The molecule has 2 aliphatic heterocycles. The van der Waals surface area contributed by atoms with Gasteiger partial charge in [-0.3, -0.25) is 9.59 Å². The zero-order valence-corrected chi connectivity index (χ0v) is 23.4. The molecule has 1 fully saturated rings. The first-order chi connectivity index (χ1) is 20.4. The van der Waals surface area contributed by atoms with Crippen molar-refractivity contribution >= 4 is 35.3 Å². The number of guanidine groups is 1. The number of carbonyl (C=O) groups excluding carboxylic acids is 1. The van der Waals surface area contributed by atoms with Gasteiger partial charge in [-0.1, -0.05) is 11.2 Å². The summed E-state index contributed by atoms with van der Waals surface area (Å²) in [5, 5.41) is 41.9. The Morgan fingerprint density at radius 2 is 1.77 bits per heavy atom.